The molecule has 2 N–H and O–H groups in total. The predicted octanol–water partition coefficient (Wildman–Crippen LogP) is 2.08. The van der Waals surface area contributed by atoms with E-state index in [1.165, 1.54) is 14.0 Å². The summed E-state index contributed by atoms with van der Waals surface area (Å²) in [6, 6.07) is 0.0764. The van der Waals surface area contributed by atoms with E-state index in [2.05, 4.69) is 29.8 Å². The topological polar surface area (TPSA) is 125 Å². The number of esters is 2. The van der Waals surface area contributed by atoms with Gasteiger partial charge in [0, 0.05) is 42.9 Å². The Morgan fingerprint density at radius 3 is 1.72 bits per heavy atom. The molecule has 0 spiro atoms. The first-order valence-corrected chi connectivity index (χ1v) is 9.83. The number of hydrogen-bond donors (Lipinski definition) is 2. The molecule has 0 aliphatic carbocycles. The molecule has 0 atom stereocenters. The van der Waals surface area contributed by atoms with Crippen LogP contribution in [0, 0.1) is 0 Å². The first-order chi connectivity index (χ1) is 14.7. The Kier molecular flexibility index (Phi) is 20.7. The molecule has 32 heavy (non-hydrogen) atoms. The zero-order chi connectivity index (χ0) is 25.9. The summed E-state index contributed by atoms with van der Waals surface area (Å²) in [6.07, 6.45) is 0. The highest BCUT2D eigenvalue weighted by molar-refractivity contribution is 5.87. The number of nitrogens with one attached hydrogen (secondary N) is 1. The highest BCUT2D eigenvalue weighted by Gasteiger charge is 2.15. The summed E-state index contributed by atoms with van der Waals surface area (Å²) in [5.74, 6) is -1.60. The molecule has 184 valence electrons. The zero-order valence-corrected chi connectivity index (χ0v) is 20.4. The predicted molar refractivity (Wildman–Crippen MR) is 124 cm³/mol. The van der Waals surface area contributed by atoms with Crippen LogP contribution >= 0.6 is 0 Å². The molecule has 1 fully saturated rings. The van der Waals surface area contributed by atoms with Crippen LogP contribution in [0.15, 0.2) is 36.5 Å². The maximum Gasteiger partial charge on any atom is 0.333 e. The van der Waals surface area contributed by atoms with Crippen molar-refractivity contribution in [3.8, 4) is 0 Å². The van der Waals surface area contributed by atoms with E-state index >= 15 is 0 Å². The van der Waals surface area contributed by atoms with E-state index in [9.17, 15) is 19.2 Å². The third kappa shape index (κ3) is 21.6. The fourth-order valence-corrected chi connectivity index (χ4v) is 1.43. The van der Waals surface area contributed by atoms with Gasteiger partial charge in [-0.3, -0.25) is 0 Å². The van der Waals surface area contributed by atoms with Gasteiger partial charge in [0.15, 0.2) is 0 Å². The van der Waals surface area contributed by atoms with Crippen molar-refractivity contribution in [1.29, 1.82) is 0 Å². The smallest absolute Gasteiger partial charge is 0.333 e. The SMILES string of the molecule is C=C(C)C(=O)O.C=C(C)C(=O)OC.C=C(C)C(=O)OCCN(C)C.CCN1CCNC1=O. The van der Waals surface area contributed by atoms with Crippen LogP contribution < -0.4 is 5.32 Å². The summed E-state index contributed by atoms with van der Waals surface area (Å²) < 4.78 is 9.11. The van der Waals surface area contributed by atoms with E-state index in [1.807, 2.05) is 25.9 Å². The first-order valence-electron chi connectivity index (χ1n) is 9.83. The lowest BCUT2D eigenvalue weighted by molar-refractivity contribution is -0.139. The van der Waals surface area contributed by atoms with Gasteiger partial charge in [-0.25, -0.2) is 19.2 Å². The number of rotatable bonds is 7. The number of ether oxygens (including phenoxy) is 2. The van der Waals surface area contributed by atoms with Crippen LogP contribution in [0.2, 0.25) is 0 Å². The Hall–Kier alpha value is -3.14. The zero-order valence-electron chi connectivity index (χ0n) is 20.4. The number of hydrogen-bond acceptors (Lipinski definition) is 7. The number of carbonyl (C=O) groups excluding carboxylic acids is 3. The first kappa shape index (κ1) is 33.5. The molecule has 0 bridgehead atoms. The van der Waals surface area contributed by atoms with Gasteiger partial charge in [-0.15, -0.1) is 0 Å². The van der Waals surface area contributed by atoms with Crippen LogP contribution in [-0.4, -0.2) is 92.8 Å². The number of carbonyl (C=O) groups is 4. The molecule has 2 amide bonds. The van der Waals surface area contributed by atoms with Crippen LogP contribution in [0.4, 0.5) is 4.79 Å². The molecule has 1 saturated heterocycles. The van der Waals surface area contributed by atoms with Gasteiger partial charge in [-0.2, -0.15) is 0 Å². The normalized spacial score (nSPS) is 11.2. The summed E-state index contributed by atoms with van der Waals surface area (Å²) in [6.45, 7) is 20.3. The molecule has 0 saturated carbocycles. The van der Waals surface area contributed by atoms with Crippen molar-refractivity contribution in [1.82, 2.24) is 15.1 Å². The highest BCUT2D eigenvalue weighted by Crippen LogP contribution is 1.93. The van der Waals surface area contributed by atoms with E-state index in [-0.39, 0.29) is 23.5 Å². The van der Waals surface area contributed by atoms with Gasteiger partial charge in [0.05, 0.1) is 7.11 Å². The van der Waals surface area contributed by atoms with Gasteiger partial charge >= 0.3 is 23.9 Å². The Morgan fingerprint density at radius 1 is 1.06 bits per heavy atom. The van der Waals surface area contributed by atoms with E-state index < -0.39 is 5.97 Å². The van der Waals surface area contributed by atoms with Crippen LogP contribution in [0.25, 0.3) is 0 Å². The summed E-state index contributed by atoms with van der Waals surface area (Å²) >= 11 is 0. The van der Waals surface area contributed by atoms with Crippen LogP contribution in [0.3, 0.4) is 0 Å². The monoisotopic (exact) mass is 457 g/mol. The standard InChI is InChI=1S/C8H15NO2.C5H10N2O.C5H8O2.C4H6O2/c1-7(2)8(10)11-6-5-9(3)4;1-2-7-4-3-6-5(7)8;1-4(2)5(6)7-3;1-3(2)4(5)6/h1,5-6H2,2-4H3;2-4H2,1H3,(H,6,8);1H2,2-3H3;1H2,2H3,(H,5,6). The van der Waals surface area contributed by atoms with Crippen molar-refractivity contribution >= 4 is 23.9 Å². The van der Waals surface area contributed by atoms with Crippen molar-refractivity contribution in [3.63, 3.8) is 0 Å². The van der Waals surface area contributed by atoms with E-state index in [4.69, 9.17) is 9.84 Å². The van der Waals surface area contributed by atoms with Crippen LogP contribution in [0.1, 0.15) is 27.7 Å². The third-order valence-corrected chi connectivity index (χ3v) is 3.35. The average molecular weight is 458 g/mol. The number of amides is 2. The van der Waals surface area contributed by atoms with Gasteiger partial charge in [0.25, 0.3) is 0 Å². The van der Waals surface area contributed by atoms with E-state index in [1.54, 1.807) is 18.7 Å². The maximum absolute atomic E-state index is 10.8. The number of likely N-dealkylation sites (N-methyl/N-ethyl adjacent to an activating group) is 2. The van der Waals surface area contributed by atoms with Crippen LogP contribution in [0.5, 0.6) is 0 Å². The van der Waals surface area contributed by atoms with Gasteiger partial charge in [-0.1, -0.05) is 19.7 Å². The fourth-order valence-electron chi connectivity index (χ4n) is 1.43. The molecule has 0 aromatic rings. The minimum Gasteiger partial charge on any atom is -0.478 e. The third-order valence-electron chi connectivity index (χ3n) is 3.35. The summed E-state index contributed by atoms with van der Waals surface area (Å²) in [5.41, 5.74) is 1.06. The van der Waals surface area contributed by atoms with E-state index in [0.29, 0.717) is 17.8 Å². The lowest BCUT2D eigenvalue weighted by Crippen LogP contribution is -2.27. The highest BCUT2D eigenvalue weighted by atomic mass is 16.5. The molecule has 10 nitrogen and oxygen atoms in total. The maximum atomic E-state index is 10.8. The van der Waals surface area contributed by atoms with Crippen molar-refractivity contribution < 1.29 is 33.8 Å². The molecular weight excluding hydrogens is 418 g/mol. The van der Waals surface area contributed by atoms with Crippen LogP contribution in [-0.2, 0) is 23.9 Å². The van der Waals surface area contributed by atoms with Crippen molar-refractivity contribution in [2.45, 2.75) is 27.7 Å². The van der Waals surface area contributed by atoms with Gasteiger partial charge < -0.3 is 29.7 Å². The summed E-state index contributed by atoms with van der Waals surface area (Å²) in [5, 5.41) is 10.6. The number of aliphatic carboxylic acids is 1. The molecule has 0 aromatic heterocycles. The Bertz CT molecular complexity index is 646. The fraction of sp³-hybridized carbons (Fsp3) is 0.545. The number of carboxylic acid groups (broad SMARTS) is 1. The second-order valence-corrected chi connectivity index (χ2v) is 6.89. The van der Waals surface area contributed by atoms with Crippen molar-refractivity contribution in [3.05, 3.63) is 36.5 Å². The number of urea groups is 1. The average Bonchev–Trinajstić information content (AvgIpc) is 3.13. The number of methoxy groups -OCH3 is 1. The largest absolute Gasteiger partial charge is 0.478 e. The molecular formula is C22H39N3O7. The molecule has 1 aliphatic rings. The number of nitrogens with zero attached hydrogens (tertiary/aromatic N) is 2. The molecule has 0 radical (unpaired) electrons. The molecule has 10 heteroatoms. The number of carboxylic acids is 1. The van der Waals surface area contributed by atoms with E-state index in [0.717, 1.165) is 26.2 Å². The van der Waals surface area contributed by atoms with Crippen molar-refractivity contribution in [2.24, 2.45) is 0 Å². The van der Waals surface area contributed by atoms with Gasteiger partial charge in [0.1, 0.15) is 6.61 Å². The second kappa shape index (κ2) is 19.8. The Balaban J connectivity index is -0.000000360. The molecule has 0 unspecified atom stereocenters. The molecule has 1 rings (SSSR count). The second-order valence-electron chi connectivity index (χ2n) is 6.89. The summed E-state index contributed by atoms with van der Waals surface area (Å²) in [4.78, 5) is 44.9. The molecule has 0 aromatic carbocycles. The minimum absolute atomic E-state index is 0.0764. The lowest BCUT2D eigenvalue weighted by atomic mass is 10.4. The lowest BCUT2D eigenvalue weighted by Gasteiger charge is -2.09. The Morgan fingerprint density at radius 2 is 1.53 bits per heavy atom. The summed E-state index contributed by atoms with van der Waals surface area (Å²) in [7, 11) is 5.18. The minimum atomic E-state index is -0.935. The molecule has 1 aliphatic heterocycles. The quantitative estimate of drug-likeness (QED) is 0.440. The Labute approximate surface area is 191 Å². The molecule has 1 heterocycles. The van der Waals surface area contributed by atoms with Gasteiger partial charge in [-0.05, 0) is 41.8 Å². The van der Waals surface area contributed by atoms with Crippen molar-refractivity contribution in [2.75, 3.05) is 54.0 Å². The van der Waals surface area contributed by atoms with Gasteiger partial charge in [0.2, 0.25) is 0 Å².